The van der Waals surface area contributed by atoms with Crippen LogP contribution in [0.3, 0.4) is 0 Å². The molecule has 3 amide bonds. The van der Waals surface area contributed by atoms with Gasteiger partial charge in [-0.25, -0.2) is 9.18 Å². The Kier molecular flexibility index (Phi) is 6.28. The molecule has 2 aliphatic rings. The van der Waals surface area contributed by atoms with Gasteiger partial charge in [-0.3, -0.25) is 9.48 Å². The summed E-state index contributed by atoms with van der Waals surface area (Å²) < 4.78 is 15.0. The fourth-order valence-electron chi connectivity index (χ4n) is 5.30. The van der Waals surface area contributed by atoms with Crippen molar-refractivity contribution in [1.82, 2.24) is 20.4 Å². The SMILES string of the molecule is CNC(=O)NCC1CC2CC(c3nn(C)c(N)c3C(=O)Nc3ccc(F)c(Cl)c3)CC2C1. The predicted octanol–water partition coefficient (Wildman–Crippen LogP) is 3.50. The van der Waals surface area contributed by atoms with E-state index in [1.807, 2.05) is 0 Å². The molecule has 2 atom stereocenters. The Morgan fingerprint density at radius 1 is 1.25 bits per heavy atom. The van der Waals surface area contributed by atoms with Gasteiger partial charge >= 0.3 is 6.03 Å². The monoisotopic (exact) mass is 462 g/mol. The summed E-state index contributed by atoms with van der Waals surface area (Å²) in [4.78, 5) is 24.5. The number of nitrogens with zero attached hydrogens (tertiary/aromatic N) is 2. The molecule has 8 nitrogen and oxygen atoms in total. The van der Waals surface area contributed by atoms with Crippen LogP contribution in [0.1, 0.15) is 47.7 Å². The van der Waals surface area contributed by atoms with E-state index in [1.54, 1.807) is 14.1 Å². The highest BCUT2D eigenvalue weighted by molar-refractivity contribution is 6.31. The number of nitrogen functional groups attached to an aromatic ring is 1. The number of hydrogen-bond donors (Lipinski definition) is 4. The van der Waals surface area contributed by atoms with E-state index in [-0.39, 0.29) is 22.9 Å². The molecule has 4 rings (SSSR count). The largest absolute Gasteiger partial charge is 0.383 e. The standard InChI is InChI=1S/C22H28ClFN6O2/c1-26-22(32)27-10-11-5-12-7-14(8-13(12)6-11)19-18(20(25)30(2)29-19)21(31)28-15-3-4-17(24)16(23)9-15/h3-4,9,11-14H,5-8,10,25H2,1-2H3,(H,28,31)(H2,26,27,32). The van der Waals surface area contributed by atoms with Crippen LogP contribution in [-0.4, -0.2) is 35.3 Å². The lowest BCUT2D eigenvalue weighted by Gasteiger charge is -2.15. The fourth-order valence-corrected chi connectivity index (χ4v) is 5.48. The van der Waals surface area contributed by atoms with Gasteiger partial charge in [-0.05, 0) is 61.6 Å². The molecule has 0 bridgehead atoms. The minimum atomic E-state index is -0.549. The first-order valence-electron chi connectivity index (χ1n) is 10.8. The number of benzene rings is 1. The first kappa shape index (κ1) is 22.4. The second-order valence-corrected chi connectivity index (χ2v) is 9.25. The molecule has 1 heterocycles. The van der Waals surface area contributed by atoms with Gasteiger partial charge in [0.2, 0.25) is 0 Å². The molecule has 2 unspecified atom stereocenters. The fraction of sp³-hybridized carbons (Fsp3) is 0.500. The maximum absolute atomic E-state index is 13.4. The minimum absolute atomic E-state index is 0.0636. The summed E-state index contributed by atoms with van der Waals surface area (Å²) in [7, 11) is 3.33. The van der Waals surface area contributed by atoms with E-state index >= 15 is 0 Å². The van der Waals surface area contributed by atoms with E-state index in [0.717, 1.165) is 25.7 Å². The van der Waals surface area contributed by atoms with Crippen LogP contribution in [0.15, 0.2) is 18.2 Å². The molecule has 2 fully saturated rings. The molecule has 2 saturated carbocycles. The Bertz CT molecular complexity index is 1030. The number of nitrogens with one attached hydrogen (secondary N) is 3. The molecule has 0 spiro atoms. The Labute approximate surface area is 191 Å². The zero-order valence-electron chi connectivity index (χ0n) is 18.1. The van der Waals surface area contributed by atoms with Crippen molar-refractivity contribution in [3.05, 3.63) is 40.3 Å². The van der Waals surface area contributed by atoms with Gasteiger partial charge < -0.3 is 21.7 Å². The van der Waals surface area contributed by atoms with E-state index in [2.05, 4.69) is 21.0 Å². The van der Waals surface area contributed by atoms with Crippen LogP contribution >= 0.6 is 11.6 Å². The molecule has 32 heavy (non-hydrogen) atoms. The maximum Gasteiger partial charge on any atom is 0.314 e. The van der Waals surface area contributed by atoms with Gasteiger partial charge in [0, 0.05) is 32.2 Å². The zero-order chi connectivity index (χ0) is 23.0. The average Bonchev–Trinajstić information content (AvgIpc) is 3.40. The third kappa shape index (κ3) is 4.39. The van der Waals surface area contributed by atoms with Crippen molar-refractivity contribution in [1.29, 1.82) is 0 Å². The van der Waals surface area contributed by atoms with Gasteiger partial charge in [0.1, 0.15) is 17.2 Å². The Morgan fingerprint density at radius 3 is 2.56 bits per heavy atom. The topological polar surface area (TPSA) is 114 Å². The van der Waals surface area contributed by atoms with Crippen LogP contribution in [0.2, 0.25) is 5.02 Å². The zero-order valence-corrected chi connectivity index (χ0v) is 18.9. The molecule has 0 saturated heterocycles. The molecular weight excluding hydrogens is 435 g/mol. The lowest BCUT2D eigenvalue weighted by molar-refractivity contribution is 0.102. The summed E-state index contributed by atoms with van der Waals surface area (Å²) in [5, 5.41) is 12.8. The number of rotatable bonds is 5. The van der Waals surface area contributed by atoms with E-state index in [4.69, 9.17) is 17.3 Å². The maximum atomic E-state index is 13.4. The van der Waals surface area contributed by atoms with Gasteiger partial charge in [-0.1, -0.05) is 11.6 Å². The van der Waals surface area contributed by atoms with Crippen molar-refractivity contribution in [3.63, 3.8) is 0 Å². The third-order valence-electron chi connectivity index (χ3n) is 6.80. The summed E-state index contributed by atoms with van der Waals surface area (Å²) in [6.07, 6.45) is 4.01. The van der Waals surface area contributed by atoms with Gasteiger partial charge in [0.15, 0.2) is 0 Å². The number of aryl methyl sites for hydroxylation is 1. The van der Waals surface area contributed by atoms with Crippen molar-refractivity contribution < 1.29 is 14.0 Å². The van der Waals surface area contributed by atoms with Crippen molar-refractivity contribution in [2.75, 3.05) is 24.6 Å². The third-order valence-corrected chi connectivity index (χ3v) is 7.09. The van der Waals surface area contributed by atoms with Gasteiger partial charge in [0.05, 0.1) is 10.7 Å². The molecule has 10 heteroatoms. The number of anilines is 2. The molecule has 2 aliphatic carbocycles. The highest BCUT2D eigenvalue weighted by atomic mass is 35.5. The van der Waals surface area contributed by atoms with E-state index in [1.165, 1.54) is 22.9 Å². The van der Waals surface area contributed by atoms with E-state index in [0.29, 0.717) is 47.1 Å². The predicted molar refractivity (Wildman–Crippen MR) is 121 cm³/mol. The molecule has 1 aromatic carbocycles. The highest BCUT2D eigenvalue weighted by Gasteiger charge is 2.44. The normalized spacial score (nSPS) is 24.2. The Morgan fingerprint density at radius 2 is 1.94 bits per heavy atom. The molecule has 0 aliphatic heterocycles. The lowest BCUT2D eigenvalue weighted by atomic mass is 9.93. The van der Waals surface area contributed by atoms with Crippen molar-refractivity contribution in [2.24, 2.45) is 24.8 Å². The molecule has 1 aromatic heterocycles. The number of urea groups is 1. The quantitative estimate of drug-likeness (QED) is 0.544. The molecule has 0 radical (unpaired) electrons. The van der Waals surface area contributed by atoms with Crippen molar-refractivity contribution in [3.8, 4) is 0 Å². The van der Waals surface area contributed by atoms with Crippen molar-refractivity contribution in [2.45, 2.75) is 31.6 Å². The number of nitrogens with two attached hydrogens (primary N) is 1. The second kappa shape index (κ2) is 8.97. The number of carbonyl (C=O) groups is 2. The first-order valence-corrected chi connectivity index (χ1v) is 11.2. The van der Waals surface area contributed by atoms with Gasteiger partial charge in [-0.2, -0.15) is 5.10 Å². The second-order valence-electron chi connectivity index (χ2n) is 8.84. The Balaban J connectivity index is 1.46. The number of hydrogen-bond acceptors (Lipinski definition) is 4. The van der Waals surface area contributed by atoms with Crippen molar-refractivity contribution >= 4 is 35.0 Å². The number of aromatic nitrogens is 2. The number of fused-ring (bicyclic) bond motifs is 1. The summed E-state index contributed by atoms with van der Waals surface area (Å²) in [5.74, 6) is 1.10. The molecular formula is C22H28ClFN6O2. The first-order chi connectivity index (χ1) is 15.3. The highest BCUT2D eigenvalue weighted by Crippen LogP contribution is 2.52. The van der Waals surface area contributed by atoms with Gasteiger partial charge in [0.25, 0.3) is 5.91 Å². The lowest BCUT2D eigenvalue weighted by Crippen LogP contribution is -2.35. The number of carbonyl (C=O) groups excluding carboxylic acids is 2. The van der Waals surface area contributed by atoms with Crippen LogP contribution in [0, 0.1) is 23.6 Å². The molecule has 172 valence electrons. The van der Waals surface area contributed by atoms with Crippen LogP contribution in [-0.2, 0) is 7.05 Å². The number of halogens is 2. The smallest absolute Gasteiger partial charge is 0.314 e. The summed E-state index contributed by atoms with van der Waals surface area (Å²) >= 11 is 5.83. The van der Waals surface area contributed by atoms with Crippen LogP contribution in [0.25, 0.3) is 0 Å². The summed E-state index contributed by atoms with van der Waals surface area (Å²) in [5.41, 5.74) is 7.68. The minimum Gasteiger partial charge on any atom is -0.383 e. The summed E-state index contributed by atoms with van der Waals surface area (Å²) in [6.45, 7) is 0.682. The van der Waals surface area contributed by atoms with E-state index < -0.39 is 5.82 Å². The summed E-state index contributed by atoms with van der Waals surface area (Å²) in [6, 6.07) is 3.88. The average molecular weight is 463 g/mol. The molecule has 5 N–H and O–H groups in total. The Hall–Kier alpha value is -2.81. The molecule has 2 aromatic rings. The van der Waals surface area contributed by atoms with Crippen LogP contribution < -0.4 is 21.7 Å². The van der Waals surface area contributed by atoms with Crippen LogP contribution in [0.5, 0.6) is 0 Å². The van der Waals surface area contributed by atoms with Crippen LogP contribution in [0.4, 0.5) is 20.7 Å². The number of amides is 3. The van der Waals surface area contributed by atoms with Gasteiger partial charge in [-0.15, -0.1) is 0 Å². The van der Waals surface area contributed by atoms with E-state index in [9.17, 15) is 14.0 Å².